The molecule has 0 saturated heterocycles. The SMILES string of the molecule is CC(F)(F)S(=O)(=O)OCCCOS(=O)(=O)C(C)(F)F. The Labute approximate surface area is 107 Å². The molecule has 0 aromatic rings. The summed E-state index contributed by atoms with van der Waals surface area (Å²) in [4.78, 5) is 0. The molecule has 0 aliphatic rings. The van der Waals surface area contributed by atoms with Gasteiger partial charge in [-0.15, -0.1) is 0 Å². The molecule has 0 atom stereocenters. The smallest absolute Gasteiger partial charge is 0.265 e. The van der Waals surface area contributed by atoms with Crippen molar-refractivity contribution in [1.29, 1.82) is 0 Å². The van der Waals surface area contributed by atoms with Gasteiger partial charge in [-0.3, -0.25) is 8.37 Å². The summed E-state index contributed by atoms with van der Waals surface area (Å²) in [6, 6.07) is 0. The second-order valence-electron chi connectivity index (χ2n) is 3.52. The van der Waals surface area contributed by atoms with Gasteiger partial charge in [0.05, 0.1) is 13.2 Å². The van der Waals surface area contributed by atoms with Gasteiger partial charge in [0.25, 0.3) is 0 Å². The average Bonchev–Trinajstić information content (AvgIpc) is 2.12. The molecule has 0 heterocycles. The topological polar surface area (TPSA) is 86.7 Å². The fraction of sp³-hybridized carbons (Fsp3) is 1.00. The third-order valence-corrected chi connectivity index (χ3v) is 4.35. The van der Waals surface area contributed by atoms with E-state index in [1.54, 1.807) is 0 Å². The lowest BCUT2D eigenvalue weighted by Crippen LogP contribution is -2.29. The maximum absolute atomic E-state index is 12.4. The number of hydrogen-bond acceptors (Lipinski definition) is 6. The number of halogens is 4. The molecule has 0 aromatic carbocycles. The van der Waals surface area contributed by atoms with Gasteiger partial charge in [0, 0.05) is 13.8 Å². The molecule has 0 saturated carbocycles. The highest BCUT2D eigenvalue weighted by Crippen LogP contribution is 2.23. The maximum atomic E-state index is 12.4. The van der Waals surface area contributed by atoms with Crippen LogP contribution in [0, 0.1) is 0 Å². The Bertz CT molecular complexity index is 441. The van der Waals surface area contributed by atoms with Gasteiger partial charge in [-0.1, -0.05) is 0 Å². The van der Waals surface area contributed by atoms with Crippen molar-refractivity contribution in [2.24, 2.45) is 0 Å². The normalized spacial score (nSPS) is 14.6. The third-order valence-electron chi connectivity index (χ3n) is 1.64. The van der Waals surface area contributed by atoms with Crippen molar-refractivity contribution in [2.45, 2.75) is 30.8 Å². The van der Waals surface area contributed by atoms with Gasteiger partial charge >= 0.3 is 30.7 Å². The maximum Gasteiger partial charge on any atom is 0.367 e. The minimum absolute atomic E-state index is 0.0981. The first-order valence-corrected chi connectivity index (χ1v) is 7.56. The van der Waals surface area contributed by atoms with E-state index in [2.05, 4.69) is 8.37 Å². The first-order valence-electron chi connectivity index (χ1n) is 4.74. The van der Waals surface area contributed by atoms with Gasteiger partial charge in [0.15, 0.2) is 0 Å². The summed E-state index contributed by atoms with van der Waals surface area (Å²) in [5.41, 5.74) is 0. The van der Waals surface area contributed by atoms with Crippen molar-refractivity contribution < 1.29 is 42.8 Å². The largest absolute Gasteiger partial charge is 0.367 e. The van der Waals surface area contributed by atoms with E-state index >= 15 is 0 Å². The quantitative estimate of drug-likeness (QED) is 0.378. The number of rotatable bonds is 8. The van der Waals surface area contributed by atoms with Crippen LogP contribution in [0.5, 0.6) is 0 Å². The van der Waals surface area contributed by atoms with Gasteiger partial charge in [-0.25, -0.2) is 0 Å². The van der Waals surface area contributed by atoms with Gasteiger partial charge < -0.3 is 0 Å². The zero-order valence-corrected chi connectivity index (χ0v) is 11.5. The zero-order valence-electron chi connectivity index (χ0n) is 9.90. The summed E-state index contributed by atoms with van der Waals surface area (Å²) in [5, 5.41) is -8.23. The molecule has 0 aliphatic heterocycles. The van der Waals surface area contributed by atoms with E-state index in [-0.39, 0.29) is 13.8 Å². The average molecular weight is 332 g/mol. The van der Waals surface area contributed by atoms with Crippen LogP contribution in [0.4, 0.5) is 17.6 Å². The highest BCUT2D eigenvalue weighted by molar-refractivity contribution is 7.88. The predicted molar refractivity (Wildman–Crippen MR) is 55.6 cm³/mol. The van der Waals surface area contributed by atoms with Crippen LogP contribution in [0.2, 0.25) is 0 Å². The summed E-state index contributed by atoms with van der Waals surface area (Å²) in [6.07, 6.45) is -0.482. The molecular weight excluding hydrogens is 320 g/mol. The van der Waals surface area contributed by atoms with Crippen LogP contribution in [-0.4, -0.2) is 40.6 Å². The molecule has 19 heavy (non-hydrogen) atoms. The van der Waals surface area contributed by atoms with Crippen LogP contribution in [0.15, 0.2) is 0 Å². The summed E-state index contributed by atoms with van der Waals surface area (Å²) in [6.45, 7) is -1.45. The Kier molecular flexibility index (Phi) is 5.75. The van der Waals surface area contributed by atoms with Gasteiger partial charge in [0.1, 0.15) is 0 Å². The van der Waals surface area contributed by atoms with Gasteiger partial charge in [0.2, 0.25) is 0 Å². The molecule has 0 aromatic heterocycles. The number of alkyl halides is 4. The van der Waals surface area contributed by atoms with Crippen molar-refractivity contribution in [2.75, 3.05) is 13.2 Å². The van der Waals surface area contributed by atoms with Crippen molar-refractivity contribution >= 4 is 20.2 Å². The highest BCUT2D eigenvalue weighted by Gasteiger charge is 2.41. The van der Waals surface area contributed by atoms with Crippen molar-refractivity contribution in [1.82, 2.24) is 0 Å². The van der Waals surface area contributed by atoms with E-state index in [1.165, 1.54) is 0 Å². The van der Waals surface area contributed by atoms with Gasteiger partial charge in [-0.05, 0) is 6.42 Å². The lowest BCUT2D eigenvalue weighted by Gasteiger charge is -2.13. The van der Waals surface area contributed by atoms with Crippen molar-refractivity contribution in [3.8, 4) is 0 Å². The minimum atomic E-state index is -5.13. The van der Waals surface area contributed by atoms with Crippen molar-refractivity contribution in [3.05, 3.63) is 0 Å². The molecule has 0 amide bonds. The standard InChI is InChI=1S/C7H12F4O6S2/c1-6(8,9)18(12,13)16-4-3-5-17-19(14,15)7(2,10)11/h3-5H2,1-2H3. The Morgan fingerprint density at radius 2 is 1.05 bits per heavy atom. The van der Waals surface area contributed by atoms with E-state index in [4.69, 9.17) is 0 Å². The first kappa shape index (κ1) is 18.5. The summed E-state index contributed by atoms with van der Waals surface area (Å²) < 4.78 is 100. The van der Waals surface area contributed by atoms with E-state index in [1.807, 2.05) is 0 Å². The summed E-state index contributed by atoms with van der Waals surface area (Å²) in [5.74, 6) is 0. The lowest BCUT2D eigenvalue weighted by molar-refractivity contribution is 0.0868. The predicted octanol–water partition coefficient (Wildman–Crippen LogP) is 1.29. The Morgan fingerprint density at radius 1 is 0.789 bits per heavy atom. The Hall–Kier alpha value is -0.460. The van der Waals surface area contributed by atoms with Crippen LogP contribution in [0.3, 0.4) is 0 Å². The number of hydrogen-bond donors (Lipinski definition) is 0. The fourth-order valence-electron chi connectivity index (χ4n) is 0.603. The first-order chi connectivity index (χ1) is 8.21. The molecule has 116 valence electrons. The van der Waals surface area contributed by atoms with E-state index in [0.29, 0.717) is 0 Å². The monoisotopic (exact) mass is 332 g/mol. The zero-order chi connectivity index (χ0) is 15.5. The molecule has 0 N–H and O–H groups in total. The molecule has 12 heteroatoms. The molecule has 0 radical (unpaired) electrons. The minimum Gasteiger partial charge on any atom is -0.265 e. The molecule has 0 rings (SSSR count). The van der Waals surface area contributed by atoms with E-state index in [0.717, 1.165) is 0 Å². The molecule has 0 fully saturated rings. The van der Waals surface area contributed by atoms with Crippen LogP contribution >= 0.6 is 0 Å². The second kappa shape index (κ2) is 5.89. The van der Waals surface area contributed by atoms with Crippen LogP contribution in [0.1, 0.15) is 20.3 Å². The summed E-state index contributed by atoms with van der Waals surface area (Å²) in [7, 11) is -10.3. The second-order valence-corrected chi connectivity index (χ2v) is 7.24. The molecule has 0 spiro atoms. The van der Waals surface area contributed by atoms with Crippen molar-refractivity contribution in [3.63, 3.8) is 0 Å². The van der Waals surface area contributed by atoms with E-state index < -0.39 is 50.4 Å². The van der Waals surface area contributed by atoms with E-state index in [9.17, 15) is 34.4 Å². The fourth-order valence-corrected chi connectivity index (χ4v) is 1.69. The summed E-state index contributed by atoms with van der Waals surface area (Å²) >= 11 is 0. The highest BCUT2D eigenvalue weighted by atomic mass is 32.2. The third kappa shape index (κ3) is 5.58. The molecule has 0 aliphatic carbocycles. The Morgan fingerprint density at radius 3 is 1.26 bits per heavy atom. The van der Waals surface area contributed by atoms with Crippen LogP contribution in [-0.2, 0) is 28.6 Å². The lowest BCUT2D eigenvalue weighted by atomic mass is 10.5. The Balaban J connectivity index is 4.18. The molecule has 0 bridgehead atoms. The molecule has 0 unspecified atom stereocenters. The molecular formula is C7H12F4O6S2. The van der Waals surface area contributed by atoms with Gasteiger partial charge in [-0.2, -0.15) is 34.4 Å². The van der Waals surface area contributed by atoms with Crippen LogP contribution < -0.4 is 0 Å². The van der Waals surface area contributed by atoms with Crippen LogP contribution in [0.25, 0.3) is 0 Å². The molecule has 6 nitrogen and oxygen atoms in total.